The van der Waals surface area contributed by atoms with Crippen LogP contribution in [-0.2, 0) is 21.8 Å². The molecule has 22 heavy (non-hydrogen) atoms. The van der Waals surface area contributed by atoms with Crippen molar-refractivity contribution in [1.29, 1.82) is 0 Å². The fourth-order valence-electron chi connectivity index (χ4n) is 2.15. The molecule has 1 amide bonds. The van der Waals surface area contributed by atoms with E-state index in [1.54, 1.807) is 31.3 Å². The number of hydrogen-bond donors (Lipinski definition) is 1. The number of amides is 1. The van der Waals surface area contributed by atoms with E-state index in [9.17, 15) is 13.2 Å². The quantitative estimate of drug-likeness (QED) is 0.912. The average molecular weight is 322 g/mol. The van der Waals surface area contributed by atoms with Crippen LogP contribution in [0.4, 0.5) is 16.2 Å². The molecule has 2 aromatic rings. The van der Waals surface area contributed by atoms with Gasteiger partial charge in [-0.25, -0.2) is 13.2 Å². The lowest BCUT2D eigenvalue weighted by Crippen LogP contribution is -2.25. The van der Waals surface area contributed by atoms with Crippen molar-refractivity contribution in [2.45, 2.75) is 4.90 Å². The van der Waals surface area contributed by atoms with Crippen LogP contribution in [0.1, 0.15) is 0 Å². The fourth-order valence-corrected chi connectivity index (χ4v) is 3.21. The lowest BCUT2D eigenvalue weighted by atomic mass is 10.2. The molecule has 1 N–H and O–H groups in total. The van der Waals surface area contributed by atoms with E-state index < -0.39 is 16.1 Å². The monoisotopic (exact) mass is 322 g/mol. The normalized spacial score (nSPS) is 15.0. The fraction of sp³-hybridized carbons (Fsp3) is 0.231. The highest BCUT2D eigenvalue weighted by Gasteiger charge is 2.27. The van der Waals surface area contributed by atoms with E-state index in [4.69, 9.17) is 4.74 Å². The lowest BCUT2D eigenvalue weighted by Gasteiger charge is -2.17. The molecule has 8 nitrogen and oxygen atoms in total. The van der Waals surface area contributed by atoms with Crippen LogP contribution in [0.3, 0.4) is 0 Å². The van der Waals surface area contributed by atoms with Crippen molar-refractivity contribution in [3.8, 4) is 0 Å². The van der Waals surface area contributed by atoms with Crippen LogP contribution in [0.15, 0.2) is 41.6 Å². The predicted octanol–water partition coefficient (Wildman–Crippen LogP) is 1.18. The molecule has 9 heteroatoms. The maximum Gasteiger partial charge on any atom is 0.414 e. The number of sulfonamides is 1. The smallest absolute Gasteiger partial charge is 0.414 e. The van der Waals surface area contributed by atoms with Crippen molar-refractivity contribution >= 4 is 27.5 Å². The van der Waals surface area contributed by atoms with Crippen LogP contribution >= 0.6 is 0 Å². The Kier molecular flexibility index (Phi) is 3.49. The largest absolute Gasteiger partial charge is 0.447 e. The number of anilines is 2. The van der Waals surface area contributed by atoms with E-state index in [0.717, 1.165) is 0 Å². The van der Waals surface area contributed by atoms with Gasteiger partial charge in [0.05, 0.1) is 24.1 Å². The first-order valence-corrected chi connectivity index (χ1v) is 8.00. The molecule has 0 unspecified atom stereocenters. The van der Waals surface area contributed by atoms with Gasteiger partial charge >= 0.3 is 6.09 Å². The zero-order valence-corrected chi connectivity index (χ0v) is 12.6. The molecule has 0 aliphatic carbocycles. The number of carbonyl (C=O) groups is 1. The van der Waals surface area contributed by atoms with Crippen LogP contribution in [0.2, 0.25) is 0 Å². The lowest BCUT2D eigenvalue weighted by molar-refractivity contribution is 0.181. The van der Waals surface area contributed by atoms with Crippen molar-refractivity contribution in [3.05, 3.63) is 36.7 Å². The molecule has 116 valence electrons. The third-order valence-corrected chi connectivity index (χ3v) is 4.51. The highest BCUT2D eigenvalue weighted by Crippen LogP contribution is 2.29. The van der Waals surface area contributed by atoms with E-state index in [1.807, 2.05) is 0 Å². The standard InChI is InChI=1S/C13H14N4O4S/c1-16-9-10(8-14-16)22(19,20)15-11-4-2-3-5-12(11)17-6-7-21-13(17)18/h2-5,8-9,15H,6-7H2,1H3. The van der Waals surface area contributed by atoms with Crippen LogP contribution < -0.4 is 9.62 Å². The molecule has 1 aromatic heterocycles. The molecule has 1 saturated heterocycles. The molecular weight excluding hydrogens is 308 g/mol. The second-order valence-electron chi connectivity index (χ2n) is 4.74. The second kappa shape index (κ2) is 5.34. The zero-order valence-electron chi connectivity index (χ0n) is 11.8. The van der Waals surface area contributed by atoms with E-state index in [-0.39, 0.29) is 11.5 Å². The Balaban J connectivity index is 1.94. The minimum absolute atomic E-state index is 0.0498. The van der Waals surface area contributed by atoms with Gasteiger partial charge in [-0.1, -0.05) is 12.1 Å². The highest BCUT2D eigenvalue weighted by atomic mass is 32.2. The Hall–Kier alpha value is -2.55. The van der Waals surface area contributed by atoms with Crippen molar-refractivity contribution in [2.75, 3.05) is 22.8 Å². The maximum absolute atomic E-state index is 12.4. The number of nitrogens with zero attached hydrogens (tertiary/aromatic N) is 3. The number of benzene rings is 1. The minimum Gasteiger partial charge on any atom is -0.447 e. The number of carbonyl (C=O) groups excluding carboxylic acids is 1. The number of nitrogens with one attached hydrogen (secondary N) is 1. The number of cyclic esters (lactones) is 1. The zero-order chi connectivity index (χ0) is 15.7. The van der Waals surface area contributed by atoms with Crippen molar-refractivity contribution in [2.24, 2.45) is 7.05 Å². The van der Waals surface area contributed by atoms with Crippen LogP contribution in [0.5, 0.6) is 0 Å². The second-order valence-corrected chi connectivity index (χ2v) is 6.42. The number of rotatable bonds is 4. The number of para-hydroxylation sites is 2. The summed E-state index contributed by atoms with van der Waals surface area (Å²) < 4.78 is 33.5. The Morgan fingerprint density at radius 2 is 2.09 bits per heavy atom. The maximum atomic E-state index is 12.4. The highest BCUT2D eigenvalue weighted by molar-refractivity contribution is 7.92. The van der Waals surface area contributed by atoms with E-state index in [0.29, 0.717) is 17.9 Å². The number of hydrogen-bond acceptors (Lipinski definition) is 5. The Morgan fingerprint density at radius 3 is 2.73 bits per heavy atom. The number of ether oxygens (including phenoxy) is 1. The summed E-state index contributed by atoms with van der Waals surface area (Å²) in [7, 11) is -2.14. The molecule has 0 radical (unpaired) electrons. The minimum atomic E-state index is -3.77. The van der Waals surface area contributed by atoms with Gasteiger partial charge in [0.2, 0.25) is 0 Å². The molecule has 1 aromatic carbocycles. The SMILES string of the molecule is Cn1cc(S(=O)(=O)Nc2ccccc2N2CCOC2=O)cn1. The molecule has 1 aliphatic heterocycles. The number of aryl methyl sites for hydroxylation is 1. The summed E-state index contributed by atoms with van der Waals surface area (Å²) in [6.07, 6.45) is 2.16. The first-order valence-electron chi connectivity index (χ1n) is 6.52. The average Bonchev–Trinajstić information content (AvgIpc) is 3.08. The summed E-state index contributed by atoms with van der Waals surface area (Å²) in [6.45, 7) is 0.660. The summed E-state index contributed by atoms with van der Waals surface area (Å²) >= 11 is 0. The van der Waals surface area contributed by atoms with Crippen molar-refractivity contribution < 1.29 is 17.9 Å². The predicted molar refractivity (Wildman–Crippen MR) is 79.2 cm³/mol. The summed E-state index contributed by atoms with van der Waals surface area (Å²) in [5, 5.41) is 3.85. The first kappa shape index (κ1) is 14.4. The Labute approximate surface area is 127 Å². The molecule has 0 saturated carbocycles. The van der Waals surface area contributed by atoms with E-state index >= 15 is 0 Å². The van der Waals surface area contributed by atoms with E-state index in [2.05, 4.69) is 9.82 Å². The Morgan fingerprint density at radius 1 is 1.32 bits per heavy atom. The Bertz CT molecular complexity index is 815. The molecule has 0 bridgehead atoms. The first-order chi connectivity index (χ1) is 10.5. The summed E-state index contributed by atoms with van der Waals surface area (Å²) in [5.74, 6) is 0. The summed E-state index contributed by atoms with van der Waals surface area (Å²) in [6, 6.07) is 6.66. The van der Waals surface area contributed by atoms with Gasteiger partial charge in [0.15, 0.2) is 0 Å². The van der Waals surface area contributed by atoms with Crippen LogP contribution in [0, 0.1) is 0 Å². The topological polar surface area (TPSA) is 93.5 Å². The van der Waals surface area contributed by atoms with Gasteiger partial charge in [-0.3, -0.25) is 14.3 Å². The molecule has 1 fully saturated rings. The third-order valence-electron chi connectivity index (χ3n) is 3.19. The van der Waals surface area contributed by atoms with Crippen LogP contribution in [-0.4, -0.2) is 37.4 Å². The summed E-state index contributed by atoms with van der Waals surface area (Å²) in [4.78, 5) is 13.1. The van der Waals surface area contributed by atoms with Gasteiger partial charge in [-0.05, 0) is 12.1 Å². The van der Waals surface area contributed by atoms with Crippen molar-refractivity contribution in [1.82, 2.24) is 9.78 Å². The van der Waals surface area contributed by atoms with Gasteiger partial charge in [0.25, 0.3) is 10.0 Å². The van der Waals surface area contributed by atoms with Gasteiger partial charge in [-0.15, -0.1) is 0 Å². The van der Waals surface area contributed by atoms with E-state index in [1.165, 1.54) is 22.0 Å². The third kappa shape index (κ3) is 2.62. The molecule has 3 rings (SSSR count). The van der Waals surface area contributed by atoms with Gasteiger partial charge in [-0.2, -0.15) is 5.10 Å². The summed E-state index contributed by atoms with van der Waals surface area (Å²) in [5.41, 5.74) is 0.766. The number of aromatic nitrogens is 2. The van der Waals surface area contributed by atoms with Crippen molar-refractivity contribution in [3.63, 3.8) is 0 Å². The molecule has 1 aliphatic rings. The van der Waals surface area contributed by atoms with Crippen LogP contribution in [0.25, 0.3) is 0 Å². The van der Waals surface area contributed by atoms with Gasteiger partial charge < -0.3 is 4.74 Å². The molecule has 2 heterocycles. The molecular formula is C13H14N4O4S. The molecule has 0 spiro atoms. The van der Waals surface area contributed by atoms with Gasteiger partial charge in [0.1, 0.15) is 11.5 Å². The van der Waals surface area contributed by atoms with Gasteiger partial charge in [0, 0.05) is 13.2 Å². The molecule has 0 atom stereocenters.